The lowest BCUT2D eigenvalue weighted by molar-refractivity contribution is -0.385. The van der Waals surface area contributed by atoms with Gasteiger partial charge in [0.15, 0.2) is 6.61 Å². The van der Waals surface area contributed by atoms with Crippen molar-refractivity contribution in [1.29, 1.82) is 0 Å². The fraction of sp³-hybridized carbons (Fsp3) is 0.125. The van der Waals surface area contributed by atoms with Crippen LogP contribution in [-0.2, 0) is 9.53 Å². The van der Waals surface area contributed by atoms with Crippen molar-refractivity contribution in [3.05, 3.63) is 68.2 Å². The molecule has 7 nitrogen and oxygen atoms in total. The number of hydrogen-bond donors (Lipinski definition) is 1. The molecule has 0 unspecified atom stereocenters. The van der Waals surface area contributed by atoms with Crippen molar-refractivity contribution in [3.63, 3.8) is 0 Å². The molecule has 0 aliphatic heterocycles. The van der Waals surface area contributed by atoms with Crippen LogP contribution in [0.15, 0.2) is 46.9 Å². The molecule has 1 amide bonds. The van der Waals surface area contributed by atoms with E-state index in [1.165, 1.54) is 12.1 Å². The molecule has 24 heavy (non-hydrogen) atoms. The molecule has 8 heteroatoms. The van der Waals surface area contributed by atoms with Gasteiger partial charge < -0.3 is 10.1 Å². The van der Waals surface area contributed by atoms with Gasteiger partial charge in [-0.2, -0.15) is 0 Å². The number of benzene rings is 2. The quantitative estimate of drug-likeness (QED) is 0.477. The Bertz CT molecular complexity index is 807. The summed E-state index contributed by atoms with van der Waals surface area (Å²) < 4.78 is 5.58. The summed E-state index contributed by atoms with van der Waals surface area (Å²) >= 11 is 3.28. The zero-order chi connectivity index (χ0) is 17.7. The summed E-state index contributed by atoms with van der Waals surface area (Å²) in [5.41, 5.74) is 0.816. The number of ether oxygens (including phenoxy) is 1. The summed E-state index contributed by atoms with van der Waals surface area (Å²) in [5.74, 6) is -1.32. The molecule has 0 spiro atoms. The van der Waals surface area contributed by atoms with Crippen molar-refractivity contribution >= 4 is 39.2 Å². The summed E-state index contributed by atoms with van der Waals surface area (Å²) in [6, 6.07) is 11.0. The van der Waals surface area contributed by atoms with Gasteiger partial charge >= 0.3 is 5.97 Å². The van der Waals surface area contributed by atoms with E-state index < -0.39 is 23.4 Å². The molecule has 0 aliphatic rings. The fourth-order valence-corrected chi connectivity index (χ4v) is 2.28. The molecule has 124 valence electrons. The fourth-order valence-electron chi connectivity index (χ4n) is 1.90. The minimum absolute atomic E-state index is 0.0148. The highest BCUT2D eigenvalue weighted by atomic mass is 79.9. The third-order valence-corrected chi connectivity index (χ3v) is 3.82. The minimum atomic E-state index is -0.805. The predicted octanol–water partition coefficient (Wildman–Crippen LogP) is 3.46. The molecule has 2 aromatic rings. The van der Waals surface area contributed by atoms with Gasteiger partial charge in [0.05, 0.1) is 16.2 Å². The molecule has 0 saturated carbocycles. The van der Waals surface area contributed by atoms with Gasteiger partial charge in [-0.05, 0) is 41.1 Å². The van der Waals surface area contributed by atoms with E-state index in [-0.39, 0.29) is 11.3 Å². The maximum atomic E-state index is 11.9. The highest BCUT2D eigenvalue weighted by molar-refractivity contribution is 9.10. The largest absolute Gasteiger partial charge is 0.452 e. The van der Waals surface area contributed by atoms with Crippen LogP contribution in [0.3, 0.4) is 0 Å². The Kier molecular flexibility index (Phi) is 5.64. The van der Waals surface area contributed by atoms with E-state index >= 15 is 0 Å². The number of carbonyl (C=O) groups excluding carboxylic acids is 2. The average molecular weight is 393 g/mol. The van der Waals surface area contributed by atoms with E-state index in [0.717, 1.165) is 6.07 Å². The Hall–Kier alpha value is -2.74. The summed E-state index contributed by atoms with van der Waals surface area (Å²) in [6.45, 7) is 1.07. The molecule has 0 fully saturated rings. The second-order valence-electron chi connectivity index (χ2n) is 4.86. The average Bonchev–Trinajstić information content (AvgIpc) is 2.55. The van der Waals surface area contributed by atoms with Crippen molar-refractivity contribution in [1.82, 2.24) is 0 Å². The molecule has 2 aromatic carbocycles. The molecule has 0 atom stereocenters. The summed E-state index contributed by atoms with van der Waals surface area (Å²) in [5, 5.41) is 13.5. The lowest BCUT2D eigenvalue weighted by Crippen LogP contribution is -2.21. The molecule has 1 N–H and O–H groups in total. The Labute approximate surface area is 145 Å². The van der Waals surface area contributed by atoms with Gasteiger partial charge in [-0.15, -0.1) is 0 Å². The molecule has 0 aromatic heterocycles. The van der Waals surface area contributed by atoms with Gasteiger partial charge in [0.25, 0.3) is 11.6 Å². The number of para-hydroxylation sites is 1. The summed E-state index contributed by atoms with van der Waals surface area (Å²) in [4.78, 5) is 34.0. The Balaban J connectivity index is 1.98. The van der Waals surface area contributed by atoms with Crippen molar-refractivity contribution < 1.29 is 19.2 Å². The Morgan fingerprint density at radius 2 is 1.96 bits per heavy atom. The maximum absolute atomic E-state index is 11.9. The first-order valence-corrected chi connectivity index (χ1v) is 7.64. The molecule has 2 rings (SSSR count). The number of halogens is 1. The van der Waals surface area contributed by atoms with Crippen LogP contribution in [0.25, 0.3) is 0 Å². The predicted molar refractivity (Wildman–Crippen MR) is 90.9 cm³/mol. The van der Waals surface area contributed by atoms with Crippen molar-refractivity contribution in [2.45, 2.75) is 6.92 Å². The smallest absolute Gasteiger partial charge is 0.338 e. The van der Waals surface area contributed by atoms with Gasteiger partial charge in [0.2, 0.25) is 0 Å². The first-order chi connectivity index (χ1) is 11.4. The molecule has 0 saturated heterocycles. The zero-order valence-electron chi connectivity index (χ0n) is 12.6. The van der Waals surface area contributed by atoms with Crippen LogP contribution in [0, 0.1) is 17.0 Å². The molecule has 0 aliphatic carbocycles. The third kappa shape index (κ3) is 4.39. The van der Waals surface area contributed by atoms with E-state index in [1.807, 2.05) is 0 Å². The Morgan fingerprint density at radius 3 is 2.62 bits per heavy atom. The number of nitrogens with one attached hydrogen (secondary N) is 1. The minimum Gasteiger partial charge on any atom is -0.452 e. The first-order valence-electron chi connectivity index (χ1n) is 6.85. The second-order valence-corrected chi connectivity index (χ2v) is 5.72. The van der Waals surface area contributed by atoms with Crippen molar-refractivity contribution in [2.24, 2.45) is 0 Å². The molecular formula is C16H13BrN2O5. The van der Waals surface area contributed by atoms with E-state index in [1.54, 1.807) is 31.2 Å². The number of esters is 1. The number of rotatable bonds is 5. The number of carbonyl (C=O) groups is 2. The number of anilines is 1. The number of aryl methyl sites for hydroxylation is 1. The van der Waals surface area contributed by atoms with Crippen LogP contribution in [0.4, 0.5) is 11.4 Å². The monoisotopic (exact) mass is 392 g/mol. The number of nitro groups is 1. The normalized spacial score (nSPS) is 10.1. The van der Waals surface area contributed by atoms with Gasteiger partial charge in [0.1, 0.15) is 0 Å². The van der Waals surface area contributed by atoms with Crippen LogP contribution in [0.2, 0.25) is 0 Å². The number of amides is 1. The lowest BCUT2D eigenvalue weighted by atomic mass is 10.1. The number of nitrogens with zero attached hydrogens (tertiary/aromatic N) is 1. The standard InChI is InChI=1S/C16H13BrN2O5/c1-10-6-7-11(8-14(10)19(22)23)16(21)24-9-15(20)18-13-5-3-2-4-12(13)17/h2-8H,9H2,1H3,(H,18,20). The molecular weight excluding hydrogens is 380 g/mol. The second kappa shape index (κ2) is 7.69. The van der Waals surface area contributed by atoms with Crippen LogP contribution in [-0.4, -0.2) is 23.4 Å². The van der Waals surface area contributed by atoms with E-state index in [0.29, 0.717) is 15.7 Å². The highest BCUT2D eigenvalue weighted by Crippen LogP contribution is 2.21. The van der Waals surface area contributed by atoms with Gasteiger partial charge in [-0.3, -0.25) is 14.9 Å². The number of nitro benzene ring substituents is 1. The molecule has 0 heterocycles. The van der Waals surface area contributed by atoms with Gasteiger partial charge in [-0.1, -0.05) is 18.2 Å². The lowest BCUT2D eigenvalue weighted by Gasteiger charge is -2.08. The summed E-state index contributed by atoms with van der Waals surface area (Å²) in [7, 11) is 0. The third-order valence-electron chi connectivity index (χ3n) is 3.12. The van der Waals surface area contributed by atoms with Crippen LogP contribution in [0.5, 0.6) is 0 Å². The first kappa shape index (κ1) is 17.6. The van der Waals surface area contributed by atoms with Crippen molar-refractivity contribution in [2.75, 3.05) is 11.9 Å². The SMILES string of the molecule is Cc1ccc(C(=O)OCC(=O)Nc2ccccc2Br)cc1[N+](=O)[O-]. The topological polar surface area (TPSA) is 98.5 Å². The van der Waals surface area contributed by atoms with Gasteiger partial charge in [-0.25, -0.2) is 4.79 Å². The maximum Gasteiger partial charge on any atom is 0.338 e. The van der Waals surface area contributed by atoms with E-state index in [9.17, 15) is 19.7 Å². The zero-order valence-corrected chi connectivity index (χ0v) is 14.2. The van der Waals surface area contributed by atoms with Crippen LogP contribution < -0.4 is 5.32 Å². The Morgan fingerprint density at radius 1 is 1.25 bits per heavy atom. The van der Waals surface area contributed by atoms with Crippen LogP contribution >= 0.6 is 15.9 Å². The number of hydrogen-bond acceptors (Lipinski definition) is 5. The highest BCUT2D eigenvalue weighted by Gasteiger charge is 2.17. The van der Waals surface area contributed by atoms with Gasteiger partial charge in [0, 0.05) is 16.1 Å². The van der Waals surface area contributed by atoms with Crippen LogP contribution in [0.1, 0.15) is 15.9 Å². The van der Waals surface area contributed by atoms with E-state index in [2.05, 4.69) is 21.2 Å². The summed E-state index contributed by atoms with van der Waals surface area (Å²) in [6.07, 6.45) is 0. The molecule has 0 radical (unpaired) electrons. The molecule has 0 bridgehead atoms. The van der Waals surface area contributed by atoms with E-state index in [4.69, 9.17) is 4.74 Å². The van der Waals surface area contributed by atoms with Crippen molar-refractivity contribution in [3.8, 4) is 0 Å².